The van der Waals surface area contributed by atoms with Gasteiger partial charge in [-0.1, -0.05) is 36.4 Å². The maximum absolute atomic E-state index is 13.7. The van der Waals surface area contributed by atoms with Gasteiger partial charge in [-0.05, 0) is 36.3 Å². The number of methoxy groups -OCH3 is 1. The molecular weight excluding hydrogens is 541 g/mol. The molecule has 1 saturated heterocycles. The molecule has 12 heteroatoms. The number of alkyl halides is 3. The molecular formula is C29H31F3N4O5. The topological polar surface area (TPSA) is 86.1 Å². The summed E-state index contributed by atoms with van der Waals surface area (Å²) >= 11 is 0. The number of aryl methyl sites for hydroxylation is 1. The van der Waals surface area contributed by atoms with Gasteiger partial charge >= 0.3 is 12.1 Å². The molecule has 0 bridgehead atoms. The van der Waals surface area contributed by atoms with E-state index in [9.17, 15) is 22.8 Å². The molecule has 2 aromatic carbocycles. The molecule has 1 aromatic heterocycles. The molecule has 0 radical (unpaired) electrons. The number of ether oxygens (including phenoxy) is 3. The molecule has 1 unspecified atom stereocenters. The second kappa shape index (κ2) is 13.0. The number of morpholine rings is 1. The van der Waals surface area contributed by atoms with Crippen molar-refractivity contribution in [3.05, 3.63) is 83.6 Å². The predicted octanol–water partition coefficient (Wildman–Crippen LogP) is 4.17. The van der Waals surface area contributed by atoms with Gasteiger partial charge in [-0.15, -0.1) is 0 Å². The summed E-state index contributed by atoms with van der Waals surface area (Å²) in [4.78, 5) is 33.2. The van der Waals surface area contributed by atoms with E-state index in [1.807, 2.05) is 37.3 Å². The van der Waals surface area contributed by atoms with Gasteiger partial charge in [0.2, 0.25) is 0 Å². The van der Waals surface area contributed by atoms with Crippen LogP contribution in [0, 0.1) is 6.92 Å². The maximum Gasteiger partial charge on any atom is 0.491 e. The quantitative estimate of drug-likeness (QED) is 0.216. The van der Waals surface area contributed by atoms with Gasteiger partial charge in [0.15, 0.2) is 5.76 Å². The molecule has 41 heavy (non-hydrogen) atoms. The zero-order valence-corrected chi connectivity index (χ0v) is 22.9. The lowest BCUT2D eigenvalue weighted by atomic mass is 10.0. The number of aromatic nitrogens is 2. The summed E-state index contributed by atoms with van der Waals surface area (Å²) in [5.74, 6) is -3.79. The van der Waals surface area contributed by atoms with Crippen LogP contribution in [0.25, 0.3) is 11.8 Å². The van der Waals surface area contributed by atoms with E-state index in [0.29, 0.717) is 49.8 Å². The van der Waals surface area contributed by atoms with Crippen LogP contribution in [0.1, 0.15) is 22.9 Å². The van der Waals surface area contributed by atoms with Crippen molar-refractivity contribution in [1.29, 1.82) is 0 Å². The van der Waals surface area contributed by atoms with E-state index in [-0.39, 0.29) is 0 Å². The fraction of sp³-hybridized carbons (Fsp3) is 0.345. The lowest BCUT2D eigenvalue weighted by Gasteiger charge is -2.35. The highest BCUT2D eigenvalue weighted by Crippen LogP contribution is 2.29. The number of nitrogens with zero attached hydrogens (tertiary/aromatic N) is 4. The SMILES string of the molecule is COc1cc(/C=C(/OC(=O)C(F)(F)F)C(=O)N(C)C(CN2CCOCC2)c2ccccc2)ccc1-n1cnc(C)c1. The Bertz CT molecular complexity index is 1380. The van der Waals surface area contributed by atoms with Crippen LogP contribution in [0.3, 0.4) is 0 Å². The van der Waals surface area contributed by atoms with E-state index in [2.05, 4.69) is 14.6 Å². The lowest BCUT2D eigenvalue weighted by Crippen LogP contribution is -2.44. The average Bonchev–Trinajstić information content (AvgIpc) is 3.41. The van der Waals surface area contributed by atoms with E-state index >= 15 is 0 Å². The van der Waals surface area contributed by atoms with Crippen molar-refractivity contribution in [1.82, 2.24) is 19.4 Å². The second-order valence-corrected chi connectivity index (χ2v) is 9.50. The molecule has 0 N–H and O–H groups in total. The van der Waals surface area contributed by atoms with Gasteiger partial charge in [0.05, 0.1) is 44.1 Å². The molecule has 218 valence electrons. The zero-order valence-electron chi connectivity index (χ0n) is 22.9. The molecule has 4 rings (SSSR count). The van der Waals surface area contributed by atoms with Gasteiger partial charge in [0, 0.05) is 32.9 Å². The Morgan fingerprint density at radius 3 is 2.46 bits per heavy atom. The molecule has 1 aliphatic rings. The first kappa shape index (κ1) is 29.8. The number of esters is 1. The molecule has 0 spiro atoms. The van der Waals surface area contributed by atoms with Crippen LogP contribution in [-0.4, -0.2) is 84.4 Å². The summed E-state index contributed by atoms with van der Waals surface area (Å²) in [5, 5.41) is 0. The first-order valence-electron chi connectivity index (χ1n) is 12.9. The molecule has 1 fully saturated rings. The van der Waals surface area contributed by atoms with Crippen molar-refractivity contribution in [2.75, 3.05) is 47.0 Å². The van der Waals surface area contributed by atoms with Crippen LogP contribution in [0.2, 0.25) is 0 Å². The molecule has 3 aromatic rings. The third-order valence-electron chi connectivity index (χ3n) is 6.64. The zero-order chi connectivity index (χ0) is 29.6. The van der Waals surface area contributed by atoms with Crippen LogP contribution >= 0.6 is 0 Å². The molecule has 2 heterocycles. The number of halogens is 3. The van der Waals surface area contributed by atoms with Crippen molar-refractivity contribution in [2.45, 2.75) is 19.1 Å². The second-order valence-electron chi connectivity index (χ2n) is 9.50. The predicted molar refractivity (Wildman–Crippen MR) is 144 cm³/mol. The number of imidazole rings is 1. The van der Waals surface area contributed by atoms with E-state index in [4.69, 9.17) is 9.47 Å². The van der Waals surface area contributed by atoms with Crippen molar-refractivity contribution >= 4 is 18.0 Å². The van der Waals surface area contributed by atoms with Gasteiger partial charge < -0.3 is 23.7 Å². The summed E-state index contributed by atoms with van der Waals surface area (Å²) in [6.07, 6.45) is -0.827. The Balaban J connectivity index is 1.70. The maximum atomic E-state index is 13.7. The van der Waals surface area contributed by atoms with Crippen LogP contribution in [0.15, 0.2) is 66.8 Å². The first-order valence-corrected chi connectivity index (χ1v) is 12.9. The van der Waals surface area contributed by atoms with Gasteiger partial charge in [0.25, 0.3) is 5.91 Å². The van der Waals surface area contributed by atoms with Crippen LogP contribution in [0.5, 0.6) is 5.75 Å². The monoisotopic (exact) mass is 572 g/mol. The van der Waals surface area contributed by atoms with Crippen LogP contribution in [0.4, 0.5) is 13.2 Å². The van der Waals surface area contributed by atoms with Crippen LogP contribution < -0.4 is 4.74 Å². The summed E-state index contributed by atoms with van der Waals surface area (Å²) in [6.45, 7) is 4.57. The molecule has 1 aliphatic heterocycles. The molecule has 0 aliphatic carbocycles. The van der Waals surface area contributed by atoms with E-state index < -0.39 is 29.9 Å². The first-order chi connectivity index (χ1) is 19.6. The Labute approximate surface area is 235 Å². The normalized spacial score (nSPS) is 15.3. The molecule has 0 saturated carbocycles. The highest BCUT2D eigenvalue weighted by molar-refractivity contribution is 5.98. The smallest absolute Gasteiger partial charge is 0.491 e. The number of amides is 1. The number of carbonyl (C=O) groups is 2. The largest absolute Gasteiger partial charge is 0.495 e. The average molecular weight is 573 g/mol. The fourth-order valence-electron chi connectivity index (χ4n) is 4.46. The number of likely N-dealkylation sites (N-methyl/N-ethyl adjacent to an activating group) is 1. The number of benzene rings is 2. The van der Waals surface area contributed by atoms with Gasteiger partial charge in [-0.3, -0.25) is 9.69 Å². The fourth-order valence-corrected chi connectivity index (χ4v) is 4.46. The Hall–Kier alpha value is -4.16. The van der Waals surface area contributed by atoms with Crippen molar-refractivity contribution in [2.24, 2.45) is 0 Å². The minimum Gasteiger partial charge on any atom is -0.495 e. The summed E-state index contributed by atoms with van der Waals surface area (Å²) in [7, 11) is 2.91. The van der Waals surface area contributed by atoms with Gasteiger partial charge in [-0.2, -0.15) is 13.2 Å². The summed E-state index contributed by atoms with van der Waals surface area (Å²) in [6, 6.07) is 13.3. The van der Waals surface area contributed by atoms with Crippen molar-refractivity contribution < 1.29 is 37.0 Å². The number of rotatable bonds is 9. The van der Waals surface area contributed by atoms with E-state index in [1.54, 1.807) is 29.2 Å². The Morgan fingerprint density at radius 2 is 1.85 bits per heavy atom. The van der Waals surface area contributed by atoms with Crippen molar-refractivity contribution in [3.8, 4) is 11.4 Å². The Morgan fingerprint density at radius 1 is 1.15 bits per heavy atom. The van der Waals surface area contributed by atoms with Gasteiger partial charge in [0.1, 0.15) is 5.75 Å². The van der Waals surface area contributed by atoms with E-state index in [1.165, 1.54) is 25.1 Å². The highest BCUT2D eigenvalue weighted by Gasteiger charge is 2.43. The minimum atomic E-state index is -5.30. The Kier molecular flexibility index (Phi) is 9.46. The molecule has 1 atom stereocenters. The minimum absolute atomic E-state index is 0.290. The third-order valence-corrected chi connectivity index (χ3v) is 6.64. The molecule has 1 amide bonds. The number of hydrogen-bond acceptors (Lipinski definition) is 7. The standard InChI is InChI=1S/C29H31F3N4O5/c1-20-17-36(19-33-20)23-10-9-21(15-25(23)39-3)16-26(41-28(38)29(30,31)32)27(37)34(2)24(22-7-5-4-6-8-22)18-35-11-13-40-14-12-35/h4-10,15-17,19,24H,11-14,18H2,1-3H3/b26-16+. The van der Waals surface area contributed by atoms with Crippen molar-refractivity contribution in [3.63, 3.8) is 0 Å². The number of carbonyl (C=O) groups excluding carboxylic acids is 2. The van der Waals surface area contributed by atoms with Gasteiger partial charge in [-0.25, -0.2) is 9.78 Å². The summed E-state index contributed by atoms with van der Waals surface area (Å²) in [5.41, 5.74) is 2.46. The van der Waals surface area contributed by atoms with E-state index in [0.717, 1.165) is 17.3 Å². The van der Waals surface area contributed by atoms with Crippen LogP contribution in [-0.2, 0) is 19.1 Å². The third kappa shape index (κ3) is 7.53. The number of hydrogen-bond donors (Lipinski definition) is 0. The lowest BCUT2D eigenvalue weighted by molar-refractivity contribution is -0.196. The summed E-state index contributed by atoms with van der Waals surface area (Å²) < 4.78 is 57.0. The molecule has 9 nitrogen and oxygen atoms in total. The highest BCUT2D eigenvalue weighted by atomic mass is 19.4.